The molecule has 0 aromatic carbocycles. The van der Waals surface area contributed by atoms with Gasteiger partial charge in [-0.1, -0.05) is 12.1 Å². The Morgan fingerprint density at radius 2 is 2.25 bits per heavy atom. The van der Waals surface area contributed by atoms with Crippen molar-refractivity contribution in [2.45, 2.75) is 0 Å². The SMILES string of the molecule is C=CCNC(=S)NCCNc1ccccn1. The third-order valence-electron chi connectivity index (χ3n) is 1.79. The van der Waals surface area contributed by atoms with Gasteiger partial charge in [-0.25, -0.2) is 4.98 Å². The first-order valence-electron chi connectivity index (χ1n) is 5.10. The largest absolute Gasteiger partial charge is 0.368 e. The molecule has 0 bridgehead atoms. The predicted octanol–water partition coefficient (Wildman–Crippen LogP) is 1.14. The highest BCUT2D eigenvalue weighted by atomic mass is 32.1. The van der Waals surface area contributed by atoms with E-state index in [4.69, 9.17) is 12.2 Å². The van der Waals surface area contributed by atoms with E-state index in [9.17, 15) is 0 Å². The smallest absolute Gasteiger partial charge is 0.166 e. The van der Waals surface area contributed by atoms with Crippen molar-refractivity contribution in [1.29, 1.82) is 0 Å². The summed E-state index contributed by atoms with van der Waals surface area (Å²) in [6.45, 7) is 5.80. The zero-order chi connectivity index (χ0) is 11.6. The van der Waals surface area contributed by atoms with Crippen molar-refractivity contribution < 1.29 is 0 Å². The van der Waals surface area contributed by atoms with Crippen LogP contribution in [-0.4, -0.2) is 29.7 Å². The maximum absolute atomic E-state index is 5.04. The lowest BCUT2D eigenvalue weighted by atomic mass is 10.4. The van der Waals surface area contributed by atoms with E-state index in [1.54, 1.807) is 12.3 Å². The summed E-state index contributed by atoms with van der Waals surface area (Å²) in [6.07, 6.45) is 3.52. The maximum atomic E-state index is 5.04. The molecule has 1 rings (SSSR count). The summed E-state index contributed by atoms with van der Waals surface area (Å²) in [4.78, 5) is 4.14. The van der Waals surface area contributed by atoms with E-state index >= 15 is 0 Å². The first-order valence-corrected chi connectivity index (χ1v) is 5.51. The lowest BCUT2D eigenvalue weighted by Crippen LogP contribution is -2.37. The van der Waals surface area contributed by atoms with Crippen LogP contribution in [0.2, 0.25) is 0 Å². The molecule has 0 fully saturated rings. The number of aromatic nitrogens is 1. The molecule has 0 saturated heterocycles. The standard InChI is InChI=1S/C11H16N4S/c1-2-6-14-11(16)15-9-8-13-10-5-3-4-7-12-10/h2-5,7H,1,6,8-9H2,(H,12,13)(H2,14,15,16). The molecule has 0 aliphatic carbocycles. The zero-order valence-electron chi connectivity index (χ0n) is 9.07. The monoisotopic (exact) mass is 236 g/mol. The second-order valence-corrected chi connectivity index (χ2v) is 3.48. The van der Waals surface area contributed by atoms with Gasteiger partial charge in [-0.2, -0.15) is 0 Å². The van der Waals surface area contributed by atoms with Gasteiger partial charge in [0.15, 0.2) is 5.11 Å². The van der Waals surface area contributed by atoms with Crippen LogP contribution >= 0.6 is 12.2 Å². The van der Waals surface area contributed by atoms with Gasteiger partial charge in [0, 0.05) is 25.8 Å². The third-order valence-corrected chi connectivity index (χ3v) is 2.08. The van der Waals surface area contributed by atoms with Crippen LogP contribution in [0.15, 0.2) is 37.1 Å². The summed E-state index contributed by atoms with van der Waals surface area (Å²) in [6, 6.07) is 5.76. The Bertz CT molecular complexity index is 326. The average Bonchev–Trinajstić information content (AvgIpc) is 2.33. The summed E-state index contributed by atoms with van der Waals surface area (Å²) in [5, 5.41) is 9.88. The van der Waals surface area contributed by atoms with Crippen molar-refractivity contribution in [2.24, 2.45) is 0 Å². The quantitative estimate of drug-likeness (QED) is 0.393. The second-order valence-electron chi connectivity index (χ2n) is 3.07. The van der Waals surface area contributed by atoms with Gasteiger partial charge in [0.25, 0.3) is 0 Å². The Hall–Kier alpha value is -1.62. The number of thiocarbonyl (C=S) groups is 1. The number of hydrogen-bond donors (Lipinski definition) is 3. The van der Waals surface area contributed by atoms with Gasteiger partial charge < -0.3 is 16.0 Å². The molecule has 4 nitrogen and oxygen atoms in total. The van der Waals surface area contributed by atoms with E-state index in [-0.39, 0.29) is 0 Å². The Morgan fingerprint density at radius 1 is 1.38 bits per heavy atom. The zero-order valence-corrected chi connectivity index (χ0v) is 9.89. The minimum atomic E-state index is 0.641. The van der Waals surface area contributed by atoms with Gasteiger partial charge in [-0.3, -0.25) is 0 Å². The maximum Gasteiger partial charge on any atom is 0.166 e. The number of hydrogen-bond acceptors (Lipinski definition) is 3. The summed E-state index contributed by atoms with van der Waals surface area (Å²) in [5.41, 5.74) is 0. The van der Waals surface area contributed by atoms with Crippen molar-refractivity contribution >= 4 is 23.1 Å². The van der Waals surface area contributed by atoms with Crippen LogP contribution < -0.4 is 16.0 Å². The van der Waals surface area contributed by atoms with Crippen LogP contribution in [-0.2, 0) is 0 Å². The predicted molar refractivity (Wildman–Crippen MR) is 71.5 cm³/mol. The molecule has 0 aliphatic heterocycles. The second kappa shape index (κ2) is 7.64. The molecule has 0 spiro atoms. The lowest BCUT2D eigenvalue weighted by Gasteiger charge is -2.09. The van der Waals surface area contributed by atoms with Crippen LogP contribution in [0.1, 0.15) is 0 Å². The van der Waals surface area contributed by atoms with E-state index in [1.807, 2.05) is 18.2 Å². The highest BCUT2D eigenvalue weighted by Crippen LogP contribution is 1.97. The highest BCUT2D eigenvalue weighted by molar-refractivity contribution is 7.80. The molecule has 0 unspecified atom stereocenters. The van der Waals surface area contributed by atoms with Gasteiger partial charge in [-0.05, 0) is 24.4 Å². The molecular formula is C11H16N4S. The molecule has 0 radical (unpaired) electrons. The minimum absolute atomic E-state index is 0.641. The van der Waals surface area contributed by atoms with Crippen molar-refractivity contribution in [3.8, 4) is 0 Å². The molecule has 16 heavy (non-hydrogen) atoms. The molecule has 0 atom stereocenters. The van der Waals surface area contributed by atoms with E-state index < -0.39 is 0 Å². The Labute approximate surface area is 101 Å². The molecule has 5 heteroatoms. The van der Waals surface area contributed by atoms with E-state index in [0.717, 1.165) is 18.9 Å². The minimum Gasteiger partial charge on any atom is -0.368 e. The van der Waals surface area contributed by atoms with E-state index in [0.29, 0.717) is 11.7 Å². The lowest BCUT2D eigenvalue weighted by molar-refractivity contribution is 0.869. The molecule has 1 aromatic heterocycles. The summed E-state index contributed by atoms with van der Waals surface area (Å²) < 4.78 is 0. The molecule has 86 valence electrons. The van der Waals surface area contributed by atoms with Gasteiger partial charge in [0.2, 0.25) is 0 Å². The Kier molecular flexibility index (Phi) is 5.95. The summed E-state index contributed by atoms with van der Waals surface area (Å²) >= 11 is 5.04. The van der Waals surface area contributed by atoms with Gasteiger partial charge in [-0.15, -0.1) is 6.58 Å². The Morgan fingerprint density at radius 3 is 2.94 bits per heavy atom. The van der Waals surface area contributed by atoms with Crippen LogP contribution in [0, 0.1) is 0 Å². The van der Waals surface area contributed by atoms with Crippen LogP contribution in [0.25, 0.3) is 0 Å². The molecule has 1 aromatic rings. The fourth-order valence-corrected chi connectivity index (χ4v) is 1.25. The number of nitrogens with one attached hydrogen (secondary N) is 3. The molecule has 0 aliphatic rings. The number of rotatable bonds is 6. The van der Waals surface area contributed by atoms with Crippen molar-refractivity contribution in [3.63, 3.8) is 0 Å². The van der Waals surface area contributed by atoms with Gasteiger partial charge in [0.05, 0.1) is 0 Å². The normalized spacial score (nSPS) is 9.25. The molecular weight excluding hydrogens is 220 g/mol. The number of nitrogens with zero attached hydrogens (tertiary/aromatic N) is 1. The average molecular weight is 236 g/mol. The molecule has 0 saturated carbocycles. The van der Waals surface area contributed by atoms with Crippen LogP contribution in [0.5, 0.6) is 0 Å². The van der Waals surface area contributed by atoms with Crippen molar-refractivity contribution in [3.05, 3.63) is 37.1 Å². The first-order chi connectivity index (χ1) is 7.83. The first kappa shape index (κ1) is 12.4. The topological polar surface area (TPSA) is 49.0 Å². The third kappa shape index (κ3) is 5.31. The van der Waals surface area contributed by atoms with Crippen molar-refractivity contribution in [1.82, 2.24) is 15.6 Å². The van der Waals surface area contributed by atoms with Gasteiger partial charge >= 0.3 is 0 Å². The van der Waals surface area contributed by atoms with E-state index in [1.165, 1.54) is 0 Å². The van der Waals surface area contributed by atoms with Crippen LogP contribution in [0.3, 0.4) is 0 Å². The number of anilines is 1. The molecule has 3 N–H and O–H groups in total. The summed E-state index contributed by atoms with van der Waals surface area (Å²) in [5.74, 6) is 0.870. The highest BCUT2D eigenvalue weighted by Gasteiger charge is 1.93. The fraction of sp³-hybridized carbons (Fsp3) is 0.273. The van der Waals surface area contributed by atoms with E-state index in [2.05, 4.69) is 27.5 Å². The van der Waals surface area contributed by atoms with Crippen molar-refractivity contribution in [2.75, 3.05) is 25.0 Å². The molecule has 1 heterocycles. The van der Waals surface area contributed by atoms with Gasteiger partial charge in [0.1, 0.15) is 5.82 Å². The summed E-state index contributed by atoms with van der Waals surface area (Å²) in [7, 11) is 0. The Balaban J connectivity index is 2.08. The van der Waals surface area contributed by atoms with Crippen LogP contribution in [0.4, 0.5) is 5.82 Å². The number of pyridine rings is 1. The molecule has 0 amide bonds. The fourth-order valence-electron chi connectivity index (χ4n) is 1.06.